The minimum Gasteiger partial charge on any atom is -0.462 e. The molecule has 0 aromatic heterocycles. The summed E-state index contributed by atoms with van der Waals surface area (Å²) < 4.78 is 10.6. The number of rotatable bonds is 4. The van der Waals surface area contributed by atoms with E-state index in [1.807, 2.05) is 12.1 Å². The minimum absolute atomic E-state index is 0.0738. The monoisotopic (exact) mass is 334 g/mol. The van der Waals surface area contributed by atoms with E-state index in [0.717, 1.165) is 3.57 Å². The average molecular weight is 334 g/mol. The maximum absolute atomic E-state index is 11.4. The molecule has 0 aliphatic heterocycles. The van der Waals surface area contributed by atoms with Crippen LogP contribution >= 0.6 is 22.6 Å². The van der Waals surface area contributed by atoms with Crippen LogP contribution in [0.25, 0.3) is 0 Å². The van der Waals surface area contributed by atoms with Gasteiger partial charge in [-0.1, -0.05) is 0 Å². The first-order valence-electron chi connectivity index (χ1n) is 4.65. The summed E-state index contributed by atoms with van der Waals surface area (Å²) in [6.45, 7) is 1.47. The number of halogens is 1. The smallest absolute Gasteiger partial charge is 0.338 e. The molecule has 0 atom stereocenters. The minimum atomic E-state index is -0.413. The third kappa shape index (κ3) is 4.61. The molecule has 0 fully saturated rings. The number of hydrogen-bond acceptors (Lipinski definition) is 4. The quantitative estimate of drug-likeness (QED) is 0.480. The summed E-state index contributed by atoms with van der Waals surface area (Å²) in [5.41, 5.74) is 0.489. The molecule has 0 saturated heterocycles. The largest absolute Gasteiger partial charge is 0.462 e. The van der Waals surface area contributed by atoms with Gasteiger partial charge in [-0.2, -0.15) is 0 Å². The molecule has 0 amide bonds. The molecule has 0 saturated carbocycles. The van der Waals surface area contributed by atoms with Crippen molar-refractivity contribution in [3.63, 3.8) is 0 Å². The zero-order valence-electron chi connectivity index (χ0n) is 8.73. The molecule has 5 heteroatoms. The van der Waals surface area contributed by atoms with Gasteiger partial charge in [0.25, 0.3) is 0 Å². The summed E-state index contributed by atoms with van der Waals surface area (Å²) in [4.78, 5) is 21.9. The maximum Gasteiger partial charge on any atom is 0.338 e. The van der Waals surface area contributed by atoms with E-state index in [2.05, 4.69) is 27.3 Å². The van der Waals surface area contributed by atoms with Gasteiger partial charge in [0.1, 0.15) is 13.2 Å². The van der Waals surface area contributed by atoms with E-state index in [1.165, 1.54) is 6.92 Å². The molecular formula is C11H11IO4. The van der Waals surface area contributed by atoms with Crippen molar-refractivity contribution in [1.82, 2.24) is 0 Å². The van der Waals surface area contributed by atoms with Gasteiger partial charge in [-0.3, -0.25) is 4.79 Å². The molecule has 1 aromatic carbocycles. The zero-order chi connectivity index (χ0) is 12.0. The van der Waals surface area contributed by atoms with Gasteiger partial charge < -0.3 is 9.47 Å². The zero-order valence-corrected chi connectivity index (χ0v) is 10.9. The van der Waals surface area contributed by atoms with Crippen molar-refractivity contribution in [3.05, 3.63) is 33.4 Å². The predicted octanol–water partition coefficient (Wildman–Crippen LogP) is 2.01. The Morgan fingerprint density at radius 2 is 1.69 bits per heavy atom. The van der Waals surface area contributed by atoms with Gasteiger partial charge in [0, 0.05) is 10.5 Å². The first-order valence-corrected chi connectivity index (χ1v) is 5.73. The number of esters is 2. The van der Waals surface area contributed by atoms with E-state index in [0.29, 0.717) is 5.56 Å². The SMILES string of the molecule is CC(=O)OCCOC(=O)c1ccc(I)cc1. The van der Waals surface area contributed by atoms with Crippen molar-refractivity contribution < 1.29 is 19.1 Å². The molecule has 0 aliphatic rings. The number of benzene rings is 1. The van der Waals surface area contributed by atoms with Gasteiger partial charge in [0.15, 0.2) is 0 Å². The van der Waals surface area contributed by atoms with Gasteiger partial charge in [-0.15, -0.1) is 0 Å². The highest BCUT2D eigenvalue weighted by Crippen LogP contribution is 2.07. The molecule has 1 rings (SSSR count). The van der Waals surface area contributed by atoms with Crippen molar-refractivity contribution in [1.29, 1.82) is 0 Å². The number of ether oxygens (including phenoxy) is 2. The van der Waals surface area contributed by atoms with Gasteiger partial charge in [-0.05, 0) is 46.9 Å². The number of carbonyl (C=O) groups excluding carboxylic acids is 2. The molecule has 16 heavy (non-hydrogen) atoms. The Balaban J connectivity index is 2.35. The lowest BCUT2D eigenvalue weighted by atomic mass is 10.2. The fourth-order valence-electron chi connectivity index (χ4n) is 0.989. The molecule has 0 bridgehead atoms. The van der Waals surface area contributed by atoms with Crippen LogP contribution in [-0.4, -0.2) is 25.2 Å². The van der Waals surface area contributed by atoms with E-state index in [9.17, 15) is 9.59 Å². The molecule has 4 nitrogen and oxygen atoms in total. The third-order valence-electron chi connectivity index (χ3n) is 1.70. The Labute approximate surface area is 107 Å². The van der Waals surface area contributed by atoms with Crippen LogP contribution < -0.4 is 0 Å². The molecule has 86 valence electrons. The summed E-state index contributed by atoms with van der Waals surface area (Å²) in [6.07, 6.45) is 0. The lowest BCUT2D eigenvalue weighted by Crippen LogP contribution is -2.12. The van der Waals surface area contributed by atoms with E-state index in [4.69, 9.17) is 4.74 Å². The van der Waals surface area contributed by atoms with Crippen LogP contribution in [-0.2, 0) is 14.3 Å². The van der Waals surface area contributed by atoms with Crippen molar-refractivity contribution in [2.24, 2.45) is 0 Å². The van der Waals surface area contributed by atoms with E-state index < -0.39 is 5.97 Å². The van der Waals surface area contributed by atoms with Crippen molar-refractivity contribution >= 4 is 34.5 Å². The van der Waals surface area contributed by atoms with Gasteiger partial charge >= 0.3 is 11.9 Å². The van der Waals surface area contributed by atoms with Gasteiger partial charge in [-0.25, -0.2) is 4.79 Å². The topological polar surface area (TPSA) is 52.6 Å². The lowest BCUT2D eigenvalue weighted by Gasteiger charge is -2.04. The predicted molar refractivity (Wildman–Crippen MR) is 66.1 cm³/mol. The highest BCUT2D eigenvalue weighted by atomic mass is 127. The second kappa shape index (κ2) is 6.47. The molecule has 0 radical (unpaired) electrons. The van der Waals surface area contributed by atoms with Crippen LogP contribution in [0, 0.1) is 3.57 Å². The molecule has 0 aliphatic carbocycles. The summed E-state index contributed by atoms with van der Waals surface area (Å²) in [7, 11) is 0. The van der Waals surface area contributed by atoms with Crippen LogP contribution in [0.2, 0.25) is 0 Å². The Morgan fingerprint density at radius 1 is 1.12 bits per heavy atom. The Bertz CT molecular complexity index is 372. The normalized spacial score (nSPS) is 9.62. The fourth-order valence-corrected chi connectivity index (χ4v) is 1.35. The molecule has 0 unspecified atom stereocenters. The number of hydrogen-bond donors (Lipinski definition) is 0. The molecule has 1 aromatic rings. The Kier molecular flexibility index (Phi) is 5.24. The molecule has 0 N–H and O–H groups in total. The Hall–Kier alpha value is -1.11. The van der Waals surface area contributed by atoms with Gasteiger partial charge in [0.05, 0.1) is 5.56 Å². The van der Waals surface area contributed by atoms with E-state index >= 15 is 0 Å². The second-order valence-electron chi connectivity index (χ2n) is 2.98. The van der Waals surface area contributed by atoms with E-state index in [-0.39, 0.29) is 19.2 Å². The van der Waals surface area contributed by atoms with Crippen LogP contribution in [0.3, 0.4) is 0 Å². The van der Waals surface area contributed by atoms with Crippen LogP contribution in [0.5, 0.6) is 0 Å². The molecule has 0 spiro atoms. The van der Waals surface area contributed by atoms with Crippen LogP contribution in [0.15, 0.2) is 24.3 Å². The second-order valence-corrected chi connectivity index (χ2v) is 4.23. The molecular weight excluding hydrogens is 323 g/mol. The number of carbonyl (C=O) groups is 2. The molecule has 0 heterocycles. The average Bonchev–Trinajstić information content (AvgIpc) is 2.25. The summed E-state index contributed by atoms with van der Waals surface area (Å²) in [5.74, 6) is -0.797. The fraction of sp³-hybridized carbons (Fsp3) is 0.273. The van der Waals surface area contributed by atoms with E-state index in [1.54, 1.807) is 12.1 Å². The van der Waals surface area contributed by atoms with Crippen molar-refractivity contribution in [3.8, 4) is 0 Å². The van der Waals surface area contributed by atoms with Crippen molar-refractivity contribution in [2.45, 2.75) is 6.92 Å². The van der Waals surface area contributed by atoms with Crippen molar-refractivity contribution in [2.75, 3.05) is 13.2 Å². The highest BCUT2D eigenvalue weighted by molar-refractivity contribution is 14.1. The summed E-state index contributed by atoms with van der Waals surface area (Å²) in [6, 6.07) is 7.03. The summed E-state index contributed by atoms with van der Waals surface area (Å²) in [5, 5.41) is 0. The highest BCUT2D eigenvalue weighted by Gasteiger charge is 2.06. The standard InChI is InChI=1S/C11H11IO4/c1-8(13)15-6-7-16-11(14)9-2-4-10(12)5-3-9/h2-5H,6-7H2,1H3. The third-order valence-corrected chi connectivity index (χ3v) is 2.42. The Morgan fingerprint density at radius 3 is 2.25 bits per heavy atom. The van der Waals surface area contributed by atoms with Gasteiger partial charge in [0.2, 0.25) is 0 Å². The van der Waals surface area contributed by atoms with Crippen LogP contribution in [0.1, 0.15) is 17.3 Å². The first-order chi connectivity index (χ1) is 7.59. The lowest BCUT2D eigenvalue weighted by molar-refractivity contribution is -0.142. The summed E-state index contributed by atoms with van der Waals surface area (Å²) >= 11 is 2.15. The first kappa shape index (κ1) is 13.0. The maximum atomic E-state index is 11.4. The van der Waals surface area contributed by atoms with Crippen LogP contribution in [0.4, 0.5) is 0 Å².